The summed E-state index contributed by atoms with van der Waals surface area (Å²) in [6.07, 6.45) is 5.78. The number of carbonyl (C=O) groups is 2. The van der Waals surface area contributed by atoms with E-state index >= 15 is 0 Å². The van der Waals surface area contributed by atoms with Crippen LogP contribution in [-0.4, -0.2) is 60.0 Å². The Labute approximate surface area is 198 Å². The second-order valence-corrected chi connectivity index (χ2v) is 8.65. The zero-order valence-corrected chi connectivity index (χ0v) is 19.3. The molecule has 2 fully saturated rings. The minimum Gasteiger partial charge on any atom is -0.497 e. The van der Waals surface area contributed by atoms with Gasteiger partial charge >= 0.3 is 0 Å². The van der Waals surface area contributed by atoms with Gasteiger partial charge in [0.25, 0.3) is 5.91 Å². The molecule has 2 heterocycles. The van der Waals surface area contributed by atoms with Gasteiger partial charge in [-0.25, -0.2) is 9.97 Å². The summed E-state index contributed by atoms with van der Waals surface area (Å²) < 4.78 is 10.6. The highest BCUT2D eigenvalue weighted by atomic mass is 16.5. The number of nitrogens with zero attached hydrogens (tertiary/aromatic N) is 3. The summed E-state index contributed by atoms with van der Waals surface area (Å²) in [6, 6.07) is 5.45. The van der Waals surface area contributed by atoms with E-state index in [1.165, 1.54) is 12.3 Å². The van der Waals surface area contributed by atoms with Crippen LogP contribution in [0.1, 0.15) is 41.0 Å². The molecule has 1 aromatic heterocycles. The van der Waals surface area contributed by atoms with E-state index in [0.29, 0.717) is 22.9 Å². The lowest BCUT2D eigenvalue weighted by molar-refractivity contribution is -0.137. The zero-order valence-electron chi connectivity index (χ0n) is 19.3. The standard InChI is InChI=1S/C25H27N5O4/c1-4-22(31)30-14-25(15-30)8-7-17(12-25)28-21-13-27-23(24(26)32)20(29-21)6-5-16-9-18(33-2)11-19(10-16)34-3/h4,9-11,13,17H,1,7-8,12,14-15H2,2-3H3,(H2,26,32)(H,28,29). The molecule has 1 aromatic carbocycles. The predicted molar refractivity (Wildman–Crippen MR) is 127 cm³/mol. The lowest BCUT2D eigenvalue weighted by Gasteiger charge is -2.48. The molecule has 0 radical (unpaired) electrons. The van der Waals surface area contributed by atoms with E-state index < -0.39 is 5.91 Å². The monoisotopic (exact) mass is 461 g/mol. The number of methoxy groups -OCH3 is 2. The molecule has 1 atom stereocenters. The number of hydrogen-bond acceptors (Lipinski definition) is 7. The number of benzene rings is 1. The molecule has 9 heteroatoms. The first kappa shape index (κ1) is 23.1. The smallest absolute Gasteiger partial charge is 0.270 e. The van der Waals surface area contributed by atoms with E-state index in [9.17, 15) is 9.59 Å². The fourth-order valence-electron chi connectivity index (χ4n) is 4.61. The quantitative estimate of drug-likeness (QED) is 0.499. The molecule has 1 aliphatic carbocycles. The summed E-state index contributed by atoms with van der Waals surface area (Å²) in [6.45, 7) is 5.06. The summed E-state index contributed by atoms with van der Waals surface area (Å²) >= 11 is 0. The average Bonchev–Trinajstić information content (AvgIpc) is 3.25. The molecule has 3 N–H and O–H groups in total. The number of carbonyl (C=O) groups excluding carboxylic acids is 2. The Balaban J connectivity index is 1.51. The number of anilines is 1. The molecule has 34 heavy (non-hydrogen) atoms. The molecule has 1 aliphatic heterocycles. The largest absolute Gasteiger partial charge is 0.497 e. The SMILES string of the molecule is C=CC(=O)N1CC2(CCC(Nc3cnc(C(N)=O)c(C#Cc4cc(OC)cc(OC)c4)n3)C2)C1. The van der Waals surface area contributed by atoms with Gasteiger partial charge in [0.15, 0.2) is 5.69 Å². The highest BCUT2D eigenvalue weighted by Gasteiger charge is 2.49. The number of amides is 2. The number of rotatable bonds is 6. The average molecular weight is 462 g/mol. The molecule has 0 bridgehead atoms. The van der Waals surface area contributed by atoms with Crippen LogP contribution in [-0.2, 0) is 4.79 Å². The van der Waals surface area contributed by atoms with Gasteiger partial charge in [0.1, 0.15) is 23.0 Å². The number of ether oxygens (including phenoxy) is 2. The van der Waals surface area contributed by atoms with Crippen molar-refractivity contribution in [2.24, 2.45) is 11.1 Å². The van der Waals surface area contributed by atoms with Gasteiger partial charge < -0.3 is 25.4 Å². The van der Waals surface area contributed by atoms with Crippen LogP contribution in [0.4, 0.5) is 5.82 Å². The van der Waals surface area contributed by atoms with E-state index in [-0.39, 0.29) is 28.8 Å². The predicted octanol–water partition coefficient (Wildman–Crippen LogP) is 1.97. The molecular formula is C25H27N5O4. The molecule has 1 spiro atoms. The molecule has 176 valence electrons. The lowest BCUT2D eigenvalue weighted by Crippen LogP contribution is -2.57. The maximum Gasteiger partial charge on any atom is 0.270 e. The van der Waals surface area contributed by atoms with E-state index in [1.54, 1.807) is 32.4 Å². The lowest BCUT2D eigenvalue weighted by atomic mass is 9.78. The summed E-state index contributed by atoms with van der Waals surface area (Å²) in [5.74, 6) is 6.90. The van der Waals surface area contributed by atoms with Crippen molar-refractivity contribution in [2.45, 2.75) is 25.3 Å². The Morgan fingerprint density at radius 3 is 2.56 bits per heavy atom. The number of nitrogens with one attached hydrogen (secondary N) is 1. The number of hydrogen-bond donors (Lipinski definition) is 2. The molecule has 2 amide bonds. The highest BCUT2D eigenvalue weighted by molar-refractivity contribution is 5.93. The van der Waals surface area contributed by atoms with Crippen LogP contribution >= 0.6 is 0 Å². The zero-order chi connectivity index (χ0) is 24.3. The number of likely N-dealkylation sites (tertiary alicyclic amines) is 1. The first-order valence-corrected chi connectivity index (χ1v) is 10.9. The summed E-state index contributed by atoms with van der Waals surface area (Å²) in [4.78, 5) is 34.2. The Hall–Kier alpha value is -4.06. The van der Waals surface area contributed by atoms with Crippen LogP contribution in [0.3, 0.4) is 0 Å². The molecular weight excluding hydrogens is 434 g/mol. The first-order chi connectivity index (χ1) is 16.3. The Bertz CT molecular complexity index is 1170. The third kappa shape index (κ3) is 4.81. The van der Waals surface area contributed by atoms with Crippen LogP contribution in [0.5, 0.6) is 11.5 Å². The minimum atomic E-state index is -0.701. The maximum atomic E-state index is 11.9. The van der Waals surface area contributed by atoms with Crippen molar-refractivity contribution in [1.29, 1.82) is 0 Å². The van der Waals surface area contributed by atoms with Gasteiger partial charge in [0.2, 0.25) is 5.91 Å². The molecule has 1 unspecified atom stereocenters. The van der Waals surface area contributed by atoms with Crippen molar-refractivity contribution < 1.29 is 19.1 Å². The van der Waals surface area contributed by atoms with E-state index in [1.807, 2.05) is 4.90 Å². The second kappa shape index (κ2) is 9.43. The van der Waals surface area contributed by atoms with Crippen LogP contribution in [0.15, 0.2) is 37.1 Å². The summed E-state index contributed by atoms with van der Waals surface area (Å²) in [5, 5.41) is 3.41. The first-order valence-electron chi connectivity index (χ1n) is 10.9. The Morgan fingerprint density at radius 1 is 1.24 bits per heavy atom. The summed E-state index contributed by atoms with van der Waals surface area (Å²) in [7, 11) is 3.12. The maximum absolute atomic E-state index is 11.9. The van der Waals surface area contributed by atoms with Crippen LogP contribution in [0.2, 0.25) is 0 Å². The Kier molecular flexibility index (Phi) is 6.41. The van der Waals surface area contributed by atoms with Gasteiger partial charge in [-0.2, -0.15) is 0 Å². The molecule has 1 saturated carbocycles. The van der Waals surface area contributed by atoms with Crippen LogP contribution < -0.4 is 20.5 Å². The van der Waals surface area contributed by atoms with Crippen molar-refractivity contribution in [2.75, 3.05) is 32.6 Å². The second-order valence-electron chi connectivity index (χ2n) is 8.65. The molecule has 1 saturated heterocycles. The normalized spacial score (nSPS) is 17.8. The van der Waals surface area contributed by atoms with Crippen molar-refractivity contribution in [3.8, 4) is 23.3 Å². The van der Waals surface area contributed by atoms with Gasteiger partial charge in [0.05, 0.1) is 20.4 Å². The van der Waals surface area contributed by atoms with Crippen molar-refractivity contribution in [3.63, 3.8) is 0 Å². The third-order valence-corrected chi connectivity index (χ3v) is 6.28. The molecule has 2 aromatic rings. The minimum absolute atomic E-state index is 0.00776. The molecule has 4 rings (SSSR count). The van der Waals surface area contributed by atoms with Crippen molar-refractivity contribution >= 4 is 17.6 Å². The fraction of sp³-hybridized carbons (Fsp3) is 0.360. The van der Waals surface area contributed by atoms with Gasteiger partial charge in [-0.3, -0.25) is 9.59 Å². The molecule has 9 nitrogen and oxygen atoms in total. The number of primary amides is 1. The van der Waals surface area contributed by atoms with Crippen molar-refractivity contribution in [1.82, 2.24) is 14.9 Å². The fourth-order valence-corrected chi connectivity index (χ4v) is 4.61. The van der Waals surface area contributed by atoms with Gasteiger partial charge in [-0.05, 0) is 43.4 Å². The van der Waals surface area contributed by atoms with Gasteiger partial charge in [-0.1, -0.05) is 12.5 Å². The van der Waals surface area contributed by atoms with Crippen molar-refractivity contribution in [3.05, 3.63) is 54.0 Å². The van der Waals surface area contributed by atoms with E-state index in [2.05, 4.69) is 33.7 Å². The Morgan fingerprint density at radius 2 is 1.94 bits per heavy atom. The number of aromatic nitrogens is 2. The van der Waals surface area contributed by atoms with Gasteiger partial charge in [-0.15, -0.1) is 0 Å². The van der Waals surface area contributed by atoms with Crippen LogP contribution in [0, 0.1) is 17.3 Å². The van der Waals surface area contributed by atoms with E-state index in [4.69, 9.17) is 15.2 Å². The molecule has 2 aliphatic rings. The summed E-state index contributed by atoms with van der Waals surface area (Å²) in [5.41, 5.74) is 6.47. The van der Waals surface area contributed by atoms with Crippen LogP contribution in [0.25, 0.3) is 0 Å². The highest BCUT2D eigenvalue weighted by Crippen LogP contribution is 2.46. The topological polar surface area (TPSA) is 120 Å². The van der Waals surface area contributed by atoms with Gasteiger partial charge in [0, 0.05) is 36.2 Å². The third-order valence-electron chi connectivity index (χ3n) is 6.28. The van der Waals surface area contributed by atoms with E-state index in [0.717, 1.165) is 32.4 Å². The number of nitrogens with two attached hydrogens (primary N) is 1.